The van der Waals surface area contributed by atoms with E-state index in [0.29, 0.717) is 6.42 Å². The Balaban J connectivity index is 4.18. The van der Waals surface area contributed by atoms with Crippen molar-refractivity contribution in [1.82, 2.24) is 10.2 Å². The molecule has 2 amide bonds. The molecular formula is C11H20F3N3O2. The van der Waals surface area contributed by atoms with Gasteiger partial charge in [-0.25, -0.2) is 0 Å². The first kappa shape index (κ1) is 17.7. The first-order valence-electron chi connectivity index (χ1n) is 5.87. The van der Waals surface area contributed by atoms with Crippen molar-refractivity contribution in [2.75, 3.05) is 20.1 Å². The fourth-order valence-corrected chi connectivity index (χ4v) is 1.44. The van der Waals surface area contributed by atoms with Crippen LogP contribution in [0.4, 0.5) is 13.2 Å². The number of carbonyl (C=O) groups excluding carboxylic acids is 2. The highest BCUT2D eigenvalue weighted by Crippen LogP contribution is 2.12. The first-order chi connectivity index (χ1) is 8.53. The van der Waals surface area contributed by atoms with Crippen LogP contribution in [0.15, 0.2) is 0 Å². The van der Waals surface area contributed by atoms with Crippen LogP contribution in [0.2, 0.25) is 0 Å². The van der Waals surface area contributed by atoms with Crippen LogP contribution in [0.1, 0.15) is 20.3 Å². The second-order valence-corrected chi connectivity index (χ2v) is 4.82. The van der Waals surface area contributed by atoms with E-state index >= 15 is 0 Å². The molecule has 8 heteroatoms. The molecule has 0 saturated carbocycles. The maximum absolute atomic E-state index is 11.9. The van der Waals surface area contributed by atoms with Crippen molar-refractivity contribution in [1.29, 1.82) is 0 Å². The average Bonchev–Trinajstić information content (AvgIpc) is 2.23. The van der Waals surface area contributed by atoms with Gasteiger partial charge in [-0.15, -0.1) is 0 Å². The zero-order valence-electron chi connectivity index (χ0n) is 11.3. The highest BCUT2D eigenvalue weighted by atomic mass is 19.4. The van der Waals surface area contributed by atoms with E-state index < -0.39 is 37.1 Å². The second-order valence-electron chi connectivity index (χ2n) is 4.82. The summed E-state index contributed by atoms with van der Waals surface area (Å²) >= 11 is 0. The van der Waals surface area contributed by atoms with E-state index in [2.05, 4.69) is 0 Å². The Morgan fingerprint density at radius 1 is 1.32 bits per heavy atom. The Bertz CT molecular complexity index is 319. The summed E-state index contributed by atoms with van der Waals surface area (Å²) in [6, 6.07) is -0.750. The highest BCUT2D eigenvalue weighted by Gasteiger charge is 2.28. The van der Waals surface area contributed by atoms with Crippen molar-refractivity contribution in [3.63, 3.8) is 0 Å². The Hall–Kier alpha value is -1.31. The molecule has 0 aliphatic heterocycles. The summed E-state index contributed by atoms with van der Waals surface area (Å²) in [6.07, 6.45) is -4.01. The third-order valence-corrected chi connectivity index (χ3v) is 2.29. The molecule has 0 aliphatic carbocycles. The minimum Gasteiger partial charge on any atom is -0.345 e. The fourth-order valence-electron chi connectivity index (χ4n) is 1.44. The number of hydrogen-bond donors (Lipinski definition) is 2. The summed E-state index contributed by atoms with van der Waals surface area (Å²) < 4.78 is 35.6. The molecule has 1 atom stereocenters. The number of nitrogens with zero attached hydrogens (tertiary/aromatic N) is 1. The number of likely N-dealkylation sites (N-methyl/N-ethyl adjacent to an activating group) is 1. The fraction of sp³-hybridized carbons (Fsp3) is 0.818. The van der Waals surface area contributed by atoms with Gasteiger partial charge in [0.1, 0.15) is 6.54 Å². The van der Waals surface area contributed by atoms with Crippen LogP contribution < -0.4 is 11.1 Å². The number of nitrogens with two attached hydrogens (primary N) is 1. The molecule has 0 unspecified atom stereocenters. The number of rotatable bonds is 6. The van der Waals surface area contributed by atoms with Crippen LogP contribution >= 0.6 is 0 Å². The third kappa shape index (κ3) is 8.41. The van der Waals surface area contributed by atoms with Gasteiger partial charge in [0.2, 0.25) is 11.8 Å². The highest BCUT2D eigenvalue weighted by molar-refractivity contribution is 5.87. The van der Waals surface area contributed by atoms with Gasteiger partial charge in [-0.3, -0.25) is 9.59 Å². The van der Waals surface area contributed by atoms with Crippen molar-refractivity contribution in [3.05, 3.63) is 0 Å². The molecule has 0 fully saturated rings. The van der Waals surface area contributed by atoms with Gasteiger partial charge in [0, 0.05) is 7.05 Å². The van der Waals surface area contributed by atoms with Gasteiger partial charge in [-0.2, -0.15) is 13.2 Å². The molecule has 0 aromatic carbocycles. The quantitative estimate of drug-likeness (QED) is 0.745. The molecule has 0 rings (SSSR count). The van der Waals surface area contributed by atoms with Crippen LogP contribution in [-0.4, -0.2) is 49.1 Å². The molecule has 0 aromatic rings. The zero-order valence-corrected chi connectivity index (χ0v) is 11.3. The van der Waals surface area contributed by atoms with Crippen molar-refractivity contribution >= 4 is 11.8 Å². The van der Waals surface area contributed by atoms with E-state index in [1.165, 1.54) is 7.05 Å². The lowest BCUT2D eigenvalue weighted by Gasteiger charge is -2.22. The van der Waals surface area contributed by atoms with Gasteiger partial charge in [0.15, 0.2) is 0 Å². The van der Waals surface area contributed by atoms with Crippen LogP contribution in [0.25, 0.3) is 0 Å². The molecule has 0 spiro atoms. The molecule has 3 N–H and O–H groups in total. The van der Waals surface area contributed by atoms with Gasteiger partial charge in [0.25, 0.3) is 0 Å². The maximum atomic E-state index is 11.9. The van der Waals surface area contributed by atoms with E-state index in [9.17, 15) is 22.8 Å². The molecule has 19 heavy (non-hydrogen) atoms. The second kappa shape index (κ2) is 7.32. The lowest BCUT2D eigenvalue weighted by molar-refractivity contribution is -0.142. The predicted octanol–water partition coefficient (Wildman–Crippen LogP) is 0.497. The molecule has 0 bridgehead atoms. The lowest BCUT2D eigenvalue weighted by Crippen LogP contribution is -2.47. The summed E-state index contributed by atoms with van der Waals surface area (Å²) in [5.41, 5.74) is 5.64. The summed E-state index contributed by atoms with van der Waals surface area (Å²) in [6.45, 7) is 1.93. The summed E-state index contributed by atoms with van der Waals surface area (Å²) in [4.78, 5) is 23.9. The molecule has 0 aliphatic rings. The Morgan fingerprint density at radius 2 is 1.84 bits per heavy atom. The molecule has 112 valence electrons. The Kier molecular flexibility index (Phi) is 6.82. The van der Waals surface area contributed by atoms with Crippen LogP contribution in [0, 0.1) is 5.92 Å². The standard InChI is InChI=1S/C11H20F3N3O2/c1-7(2)4-8(15)10(19)17(3)5-9(18)16-6-11(12,13)14/h7-8H,4-6,15H2,1-3H3,(H,16,18)/t8-/m0/s1. The normalized spacial score (nSPS) is 13.3. The molecule has 0 aromatic heterocycles. The molecule has 0 saturated heterocycles. The summed E-state index contributed by atoms with van der Waals surface area (Å²) in [5.74, 6) is -1.12. The maximum Gasteiger partial charge on any atom is 0.405 e. The summed E-state index contributed by atoms with van der Waals surface area (Å²) in [7, 11) is 1.33. The number of amides is 2. The minimum atomic E-state index is -4.47. The van der Waals surface area contributed by atoms with Gasteiger partial charge >= 0.3 is 6.18 Å². The first-order valence-corrected chi connectivity index (χ1v) is 5.87. The SMILES string of the molecule is CC(C)C[C@H](N)C(=O)N(C)CC(=O)NCC(F)(F)F. The zero-order chi connectivity index (χ0) is 15.2. The molecule has 0 radical (unpaired) electrons. The monoisotopic (exact) mass is 283 g/mol. The number of alkyl halides is 3. The van der Waals surface area contributed by atoms with Gasteiger partial charge < -0.3 is 16.0 Å². The van der Waals surface area contributed by atoms with Crippen molar-refractivity contribution < 1.29 is 22.8 Å². The largest absolute Gasteiger partial charge is 0.405 e. The van der Waals surface area contributed by atoms with Gasteiger partial charge in [-0.05, 0) is 12.3 Å². The van der Waals surface area contributed by atoms with E-state index in [-0.39, 0.29) is 5.92 Å². The predicted molar refractivity (Wildman–Crippen MR) is 64.1 cm³/mol. The Labute approximate surface area is 110 Å². The molecule has 5 nitrogen and oxygen atoms in total. The topological polar surface area (TPSA) is 75.4 Å². The van der Waals surface area contributed by atoms with Gasteiger partial charge in [-0.1, -0.05) is 13.8 Å². The van der Waals surface area contributed by atoms with Crippen molar-refractivity contribution in [2.24, 2.45) is 11.7 Å². The number of halogens is 3. The van der Waals surface area contributed by atoms with E-state index in [1.807, 2.05) is 13.8 Å². The number of hydrogen-bond acceptors (Lipinski definition) is 3. The Morgan fingerprint density at radius 3 is 2.26 bits per heavy atom. The molecular weight excluding hydrogens is 263 g/mol. The van der Waals surface area contributed by atoms with Crippen molar-refractivity contribution in [3.8, 4) is 0 Å². The van der Waals surface area contributed by atoms with E-state index in [4.69, 9.17) is 5.73 Å². The number of carbonyl (C=O) groups is 2. The van der Waals surface area contributed by atoms with Crippen LogP contribution in [0.5, 0.6) is 0 Å². The lowest BCUT2D eigenvalue weighted by atomic mass is 10.0. The van der Waals surface area contributed by atoms with E-state index in [0.717, 1.165) is 4.90 Å². The minimum absolute atomic E-state index is 0.214. The van der Waals surface area contributed by atoms with Crippen LogP contribution in [-0.2, 0) is 9.59 Å². The van der Waals surface area contributed by atoms with Crippen molar-refractivity contribution in [2.45, 2.75) is 32.5 Å². The van der Waals surface area contributed by atoms with E-state index in [1.54, 1.807) is 5.32 Å². The number of nitrogens with one attached hydrogen (secondary N) is 1. The van der Waals surface area contributed by atoms with Gasteiger partial charge in [0.05, 0.1) is 12.6 Å². The van der Waals surface area contributed by atoms with Crippen LogP contribution in [0.3, 0.4) is 0 Å². The molecule has 0 heterocycles. The third-order valence-electron chi connectivity index (χ3n) is 2.29. The summed E-state index contributed by atoms with van der Waals surface area (Å²) in [5, 5.41) is 1.69. The average molecular weight is 283 g/mol. The smallest absolute Gasteiger partial charge is 0.345 e.